The van der Waals surface area contributed by atoms with Crippen LogP contribution in [0.3, 0.4) is 0 Å². The molecule has 1 aromatic carbocycles. The summed E-state index contributed by atoms with van der Waals surface area (Å²) in [6, 6.07) is 5.80. The summed E-state index contributed by atoms with van der Waals surface area (Å²) in [5.41, 5.74) is 2.54. The van der Waals surface area contributed by atoms with Gasteiger partial charge in [-0.15, -0.1) is 0 Å². The maximum Gasteiger partial charge on any atom is 1.00 e. The topological polar surface area (TPSA) is 66.4 Å². The van der Waals surface area contributed by atoms with E-state index in [1.54, 1.807) is 6.92 Å². The van der Waals surface area contributed by atoms with Gasteiger partial charge in [-0.05, 0) is 62.3 Å². The van der Waals surface area contributed by atoms with Crippen LogP contribution in [-0.2, 0) is 23.0 Å². The quantitative estimate of drug-likeness (QED) is 0.264. The van der Waals surface area contributed by atoms with Crippen molar-refractivity contribution in [3.8, 4) is 5.75 Å². The van der Waals surface area contributed by atoms with Gasteiger partial charge >= 0.3 is 29.6 Å². The predicted octanol–water partition coefficient (Wildman–Crippen LogP) is 2.99. The van der Waals surface area contributed by atoms with Crippen LogP contribution in [0.25, 0.3) is 0 Å². The molecule has 0 aliphatic heterocycles. The van der Waals surface area contributed by atoms with Crippen LogP contribution in [0.4, 0.5) is 0 Å². The molecule has 156 valence electrons. The van der Waals surface area contributed by atoms with Crippen molar-refractivity contribution < 1.29 is 47.3 Å². The summed E-state index contributed by atoms with van der Waals surface area (Å²) in [5, 5.41) is 0. The number of unbranched alkanes of at least 4 members (excludes halogenated alkanes) is 6. The first-order valence-corrected chi connectivity index (χ1v) is 11.9. The fraction of sp³-hybridized carbons (Fsp3) is 0.727. The molecule has 1 atom stereocenters. The molecule has 0 aromatic heterocycles. The van der Waals surface area contributed by atoms with Crippen LogP contribution in [-0.4, -0.2) is 17.9 Å². The fourth-order valence-corrected chi connectivity index (χ4v) is 3.73. The molecule has 0 fully saturated rings. The van der Waals surface area contributed by atoms with Crippen LogP contribution in [0.15, 0.2) is 18.2 Å². The van der Waals surface area contributed by atoms with Crippen LogP contribution in [0, 0.1) is 0 Å². The molecule has 0 saturated heterocycles. The molecule has 28 heavy (non-hydrogen) atoms. The van der Waals surface area contributed by atoms with E-state index in [1.165, 1.54) is 56.6 Å². The van der Waals surface area contributed by atoms with E-state index in [4.69, 9.17) is 4.74 Å². The van der Waals surface area contributed by atoms with Crippen molar-refractivity contribution >= 4 is 10.1 Å². The van der Waals surface area contributed by atoms with Crippen molar-refractivity contribution in [2.75, 3.05) is 0 Å². The van der Waals surface area contributed by atoms with E-state index in [0.29, 0.717) is 5.75 Å². The van der Waals surface area contributed by atoms with E-state index in [0.717, 1.165) is 25.7 Å². The molecular weight excluding hydrogens is 383 g/mol. The Morgan fingerprint density at radius 3 is 1.89 bits per heavy atom. The molecule has 4 nitrogen and oxygen atoms in total. The van der Waals surface area contributed by atoms with Crippen molar-refractivity contribution in [2.45, 2.75) is 103 Å². The molecule has 0 N–H and O–H groups in total. The number of aryl methyl sites for hydroxylation is 2. The van der Waals surface area contributed by atoms with Gasteiger partial charge in [0.05, 0.1) is 0 Å². The number of rotatable bonds is 14. The normalized spacial score (nSPS) is 13.6. The summed E-state index contributed by atoms with van der Waals surface area (Å²) in [6.07, 6.45) is 11.7. The molecule has 0 aliphatic carbocycles. The Labute approximate surface area is 194 Å². The second-order valence-corrected chi connectivity index (χ2v) is 9.37. The zero-order chi connectivity index (χ0) is 20.3. The molecule has 0 bridgehead atoms. The van der Waals surface area contributed by atoms with Crippen LogP contribution in [0.5, 0.6) is 5.75 Å². The van der Waals surface area contributed by atoms with Crippen molar-refractivity contribution in [3.05, 3.63) is 29.3 Å². The van der Waals surface area contributed by atoms with Crippen molar-refractivity contribution in [2.24, 2.45) is 0 Å². The van der Waals surface area contributed by atoms with E-state index in [-0.39, 0.29) is 36.0 Å². The van der Waals surface area contributed by atoms with E-state index >= 15 is 0 Å². The minimum absolute atomic E-state index is 0. The molecule has 0 heterocycles. The molecule has 1 aromatic rings. The second kappa shape index (κ2) is 14.0. The minimum atomic E-state index is -4.55. The summed E-state index contributed by atoms with van der Waals surface area (Å²) in [5.74, 6) is 0.474. The standard InChI is InChI=1S/C22H38O4S.Na/c1-5-8-10-12-14-19-16-17-21(18-20(19)15-13-11-9-6-2)26-22(4,7-3)27(23,24)25;/h16-18H,5-15H2,1-4H3,(H,23,24,25);/q;+1/p-1. The summed E-state index contributed by atoms with van der Waals surface area (Å²) >= 11 is 0. The van der Waals surface area contributed by atoms with Gasteiger partial charge in [0.1, 0.15) is 15.9 Å². The van der Waals surface area contributed by atoms with Crippen LogP contribution >= 0.6 is 0 Å². The number of benzene rings is 1. The third kappa shape index (κ3) is 9.17. The summed E-state index contributed by atoms with van der Waals surface area (Å²) in [4.78, 5) is -1.73. The van der Waals surface area contributed by atoms with Gasteiger partial charge < -0.3 is 9.29 Å². The number of hydrogen-bond acceptors (Lipinski definition) is 4. The predicted molar refractivity (Wildman–Crippen MR) is 111 cm³/mol. The first-order chi connectivity index (χ1) is 12.8. The maximum atomic E-state index is 11.6. The van der Waals surface area contributed by atoms with Gasteiger partial charge in [-0.1, -0.05) is 65.4 Å². The maximum absolute atomic E-state index is 11.6. The van der Waals surface area contributed by atoms with E-state index in [9.17, 15) is 13.0 Å². The van der Waals surface area contributed by atoms with Gasteiger partial charge in [-0.25, -0.2) is 8.42 Å². The Balaban J connectivity index is 0.00000729. The molecule has 1 unspecified atom stereocenters. The Morgan fingerprint density at radius 2 is 1.43 bits per heavy atom. The van der Waals surface area contributed by atoms with E-state index in [1.807, 2.05) is 18.2 Å². The molecule has 0 spiro atoms. The molecule has 0 aliphatic rings. The molecule has 0 saturated carbocycles. The molecule has 0 radical (unpaired) electrons. The van der Waals surface area contributed by atoms with Gasteiger partial charge in [-0.3, -0.25) is 0 Å². The van der Waals surface area contributed by atoms with E-state index < -0.39 is 15.1 Å². The Hall–Kier alpha value is -0.0700. The van der Waals surface area contributed by atoms with Crippen molar-refractivity contribution in [1.29, 1.82) is 0 Å². The Morgan fingerprint density at radius 1 is 0.893 bits per heavy atom. The Kier molecular flexibility index (Phi) is 14.0. The molecular formula is C22H37NaO4S. The zero-order valence-corrected chi connectivity index (χ0v) is 21.4. The van der Waals surface area contributed by atoms with Gasteiger partial charge in [0.2, 0.25) is 0 Å². The zero-order valence-electron chi connectivity index (χ0n) is 18.6. The van der Waals surface area contributed by atoms with Crippen LogP contribution in [0.2, 0.25) is 0 Å². The monoisotopic (exact) mass is 420 g/mol. The van der Waals surface area contributed by atoms with Gasteiger partial charge in [0, 0.05) is 0 Å². The molecule has 1 rings (SSSR count). The van der Waals surface area contributed by atoms with E-state index in [2.05, 4.69) is 13.8 Å². The first kappa shape index (κ1) is 27.9. The minimum Gasteiger partial charge on any atom is -0.745 e. The largest absolute Gasteiger partial charge is 1.00 e. The smallest absolute Gasteiger partial charge is 0.745 e. The fourth-order valence-electron chi connectivity index (χ4n) is 3.18. The van der Waals surface area contributed by atoms with Gasteiger partial charge in [0.25, 0.3) is 0 Å². The Bertz CT molecular complexity index is 661. The third-order valence-corrected chi connectivity index (χ3v) is 6.71. The number of hydrogen-bond donors (Lipinski definition) is 0. The third-order valence-electron chi connectivity index (χ3n) is 5.28. The van der Waals surface area contributed by atoms with Crippen LogP contribution in [0.1, 0.15) is 96.6 Å². The van der Waals surface area contributed by atoms with Gasteiger partial charge in [0.15, 0.2) is 4.93 Å². The second-order valence-electron chi connectivity index (χ2n) is 7.60. The number of ether oxygens (including phenoxy) is 1. The SMILES string of the molecule is CCCCCCc1ccc(OC(C)(CC)S(=O)(=O)[O-])cc1CCCCCC.[Na+]. The summed E-state index contributed by atoms with van der Waals surface area (Å²) in [7, 11) is -4.55. The average Bonchev–Trinajstić information content (AvgIpc) is 2.62. The van der Waals surface area contributed by atoms with Crippen molar-refractivity contribution in [1.82, 2.24) is 0 Å². The molecule has 0 amide bonds. The van der Waals surface area contributed by atoms with Gasteiger partial charge in [-0.2, -0.15) is 0 Å². The summed E-state index contributed by atoms with van der Waals surface area (Å²) in [6.45, 7) is 7.42. The van der Waals surface area contributed by atoms with Crippen molar-refractivity contribution in [3.63, 3.8) is 0 Å². The average molecular weight is 421 g/mol. The summed E-state index contributed by atoms with van der Waals surface area (Å²) < 4.78 is 40.5. The molecule has 6 heteroatoms. The van der Waals surface area contributed by atoms with Crippen LogP contribution < -0.4 is 34.3 Å². The first-order valence-electron chi connectivity index (χ1n) is 10.5.